The quantitative estimate of drug-likeness (QED) is 0.331. The molecule has 0 saturated carbocycles. The Labute approximate surface area is 93.2 Å². The molecule has 1 aliphatic carbocycles. The molecule has 2 N–H and O–H groups in total. The van der Waals surface area contributed by atoms with Gasteiger partial charge in [-0.25, -0.2) is 5.43 Å². The van der Waals surface area contributed by atoms with E-state index in [0.29, 0.717) is 5.88 Å². The van der Waals surface area contributed by atoms with Crippen molar-refractivity contribution in [1.29, 1.82) is 0 Å². The highest BCUT2D eigenvalue weighted by molar-refractivity contribution is 7.73. The molecule has 0 spiro atoms. The zero-order chi connectivity index (χ0) is 10.6. The number of allylic oxidation sites excluding steroid dienone is 2. The fourth-order valence-corrected chi connectivity index (χ4v) is 1.87. The first kappa shape index (κ1) is 11.7. The predicted octanol–water partition coefficient (Wildman–Crippen LogP) is 0.390. The van der Waals surface area contributed by atoms with Crippen LogP contribution in [0.1, 0.15) is 0 Å². The van der Waals surface area contributed by atoms with E-state index in [1.54, 1.807) is 12.2 Å². The fourth-order valence-electron chi connectivity index (χ4n) is 1.06. The lowest BCUT2D eigenvalue weighted by molar-refractivity contribution is 0.624. The van der Waals surface area contributed by atoms with E-state index in [9.17, 15) is 8.42 Å². The van der Waals surface area contributed by atoms with Crippen LogP contribution in [0.15, 0.2) is 23.8 Å². The van der Waals surface area contributed by atoms with Crippen LogP contribution in [0.25, 0.3) is 0 Å². The second-order valence-corrected chi connectivity index (χ2v) is 3.96. The van der Waals surface area contributed by atoms with Crippen LogP contribution in [-0.4, -0.2) is 25.2 Å². The van der Waals surface area contributed by atoms with Gasteiger partial charge in [0.1, 0.15) is 0 Å². The van der Waals surface area contributed by atoms with Gasteiger partial charge >= 0.3 is 0 Å². The molecule has 78 valence electrons. The van der Waals surface area contributed by atoms with E-state index in [2.05, 4.69) is 10.4 Å². The number of hydrazine groups is 1. The molecule has 0 aliphatic heterocycles. The van der Waals surface area contributed by atoms with Crippen LogP contribution < -0.4 is 10.4 Å². The van der Waals surface area contributed by atoms with E-state index < -0.39 is 16.3 Å². The van der Waals surface area contributed by atoms with Crippen LogP contribution >= 0.6 is 23.4 Å². The SMILES string of the molecule is O=S(=O)=C1C=CC(CCl)=CC1NNCl. The summed E-state index contributed by atoms with van der Waals surface area (Å²) in [6.45, 7) is 0. The summed E-state index contributed by atoms with van der Waals surface area (Å²) in [6, 6.07) is -0.482. The minimum atomic E-state index is -2.27. The Kier molecular flexibility index (Phi) is 4.64. The Hall–Kier alpha value is -0.330. The molecular formula is C7H8Cl2N2O2S. The van der Waals surface area contributed by atoms with Gasteiger partial charge in [0.2, 0.25) is 10.3 Å². The molecule has 0 radical (unpaired) electrons. The maximum absolute atomic E-state index is 10.8. The van der Waals surface area contributed by atoms with Gasteiger partial charge in [-0.3, -0.25) is 0 Å². The highest BCUT2D eigenvalue weighted by Crippen LogP contribution is 2.09. The summed E-state index contributed by atoms with van der Waals surface area (Å²) in [4.78, 5) is 2.39. The van der Waals surface area contributed by atoms with Gasteiger partial charge in [-0.05, 0) is 23.4 Å². The van der Waals surface area contributed by atoms with E-state index in [-0.39, 0.29) is 4.86 Å². The Morgan fingerprint density at radius 2 is 2.14 bits per heavy atom. The Morgan fingerprint density at radius 1 is 1.43 bits per heavy atom. The molecule has 1 aliphatic rings. The van der Waals surface area contributed by atoms with Crippen molar-refractivity contribution >= 4 is 38.5 Å². The van der Waals surface area contributed by atoms with E-state index in [0.717, 1.165) is 5.57 Å². The van der Waals surface area contributed by atoms with Crippen LogP contribution in [0.2, 0.25) is 0 Å². The van der Waals surface area contributed by atoms with Gasteiger partial charge in [-0.1, -0.05) is 12.2 Å². The molecule has 1 rings (SSSR count). The summed E-state index contributed by atoms with van der Waals surface area (Å²) in [7, 11) is -2.27. The van der Waals surface area contributed by atoms with Gasteiger partial charge in [-0.2, -0.15) is 13.4 Å². The van der Waals surface area contributed by atoms with Crippen molar-refractivity contribution in [2.75, 3.05) is 5.88 Å². The molecule has 0 aromatic carbocycles. The molecule has 0 aromatic heterocycles. The average molecular weight is 255 g/mol. The van der Waals surface area contributed by atoms with E-state index in [1.807, 2.05) is 0 Å². The second kappa shape index (κ2) is 5.53. The zero-order valence-electron chi connectivity index (χ0n) is 7.00. The highest BCUT2D eigenvalue weighted by Gasteiger charge is 2.16. The lowest BCUT2D eigenvalue weighted by Gasteiger charge is -2.16. The topological polar surface area (TPSA) is 58.2 Å². The maximum Gasteiger partial charge on any atom is 0.219 e. The van der Waals surface area contributed by atoms with Gasteiger partial charge in [0.15, 0.2) is 0 Å². The van der Waals surface area contributed by atoms with Gasteiger partial charge in [0.05, 0.1) is 10.9 Å². The van der Waals surface area contributed by atoms with Gasteiger partial charge in [-0.15, -0.1) is 11.6 Å². The molecule has 0 heterocycles. The van der Waals surface area contributed by atoms with Crippen LogP contribution in [0.3, 0.4) is 0 Å². The first-order valence-electron chi connectivity index (χ1n) is 3.71. The van der Waals surface area contributed by atoms with Crippen molar-refractivity contribution in [2.45, 2.75) is 6.04 Å². The molecule has 0 fully saturated rings. The minimum absolute atomic E-state index is 0.215. The van der Waals surface area contributed by atoms with Gasteiger partial charge in [0.25, 0.3) is 0 Å². The summed E-state index contributed by atoms with van der Waals surface area (Å²) in [5, 5.41) is 0. The average Bonchev–Trinajstić information content (AvgIpc) is 2.17. The number of nitrogens with one attached hydrogen (secondary N) is 2. The molecule has 4 nitrogen and oxygen atoms in total. The third-order valence-corrected chi connectivity index (χ3v) is 2.90. The van der Waals surface area contributed by atoms with Crippen molar-refractivity contribution in [3.8, 4) is 0 Å². The van der Waals surface area contributed by atoms with E-state index in [1.165, 1.54) is 6.08 Å². The largest absolute Gasteiger partial charge is 0.231 e. The molecular weight excluding hydrogens is 247 g/mol. The molecule has 0 saturated heterocycles. The van der Waals surface area contributed by atoms with Crippen molar-refractivity contribution in [3.63, 3.8) is 0 Å². The molecule has 14 heavy (non-hydrogen) atoms. The molecule has 7 heteroatoms. The van der Waals surface area contributed by atoms with Crippen molar-refractivity contribution in [1.82, 2.24) is 10.4 Å². The standard InChI is InChI=1S/C7H8Cl2N2O2S/c8-4-5-1-2-7(14(12)13)6(3-5)10-11-9/h1-3,6,10-11H,4H2. The normalized spacial score (nSPS) is 20.9. The molecule has 0 bridgehead atoms. The van der Waals surface area contributed by atoms with Crippen LogP contribution in [0, 0.1) is 0 Å². The van der Waals surface area contributed by atoms with Crippen molar-refractivity contribution < 1.29 is 8.42 Å². The Bertz CT molecular complexity index is 392. The first-order valence-corrected chi connectivity index (χ1v) is 5.69. The molecule has 1 unspecified atom stereocenters. The minimum Gasteiger partial charge on any atom is -0.231 e. The summed E-state index contributed by atoms with van der Waals surface area (Å²) >= 11 is 10.8. The smallest absolute Gasteiger partial charge is 0.219 e. The molecule has 0 amide bonds. The van der Waals surface area contributed by atoms with Gasteiger partial charge in [0, 0.05) is 5.88 Å². The highest BCUT2D eigenvalue weighted by atomic mass is 35.5. The number of hydrogen-bond donors (Lipinski definition) is 2. The number of alkyl halides is 1. The number of hydrogen-bond acceptors (Lipinski definition) is 4. The first-order chi connectivity index (χ1) is 6.69. The third-order valence-electron chi connectivity index (χ3n) is 1.71. The monoisotopic (exact) mass is 254 g/mol. The second-order valence-electron chi connectivity index (χ2n) is 2.56. The summed E-state index contributed by atoms with van der Waals surface area (Å²) in [5.74, 6) is 0.329. The summed E-state index contributed by atoms with van der Waals surface area (Å²) < 4.78 is 21.5. The Morgan fingerprint density at radius 3 is 2.64 bits per heavy atom. The number of rotatable bonds is 3. The number of halogens is 2. The summed E-state index contributed by atoms with van der Waals surface area (Å²) in [6.07, 6.45) is 4.84. The zero-order valence-corrected chi connectivity index (χ0v) is 9.33. The lowest BCUT2D eigenvalue weighted by atomic mass is 10.0. The lowest BCUT2D eigenvalue weighted by Crippen LogP contribution is -2.41. The van der Waals surface area contributed by atoms with Crippen LogP contribution in [0.5, 0.6) is 0 Å². The maximum atomic E-state index is 10.8. The molecule has 1 atom stereocenters. The fraction of sp³-hybridized carbons (Fsp3) is 0.286. The summed E-state index contributed by atoms with van der Waals surface area (Å²) in [5.41, 5.74) is 3.42. The predicted molar refractivity (Wildman–Crippen MR) is 57.8 cm³/mol. The van der Waals surface area contributed by atoms with Crippen molar-refractivity contribution in [3.05, 3.63) is 23.8 Å². The van der Waals surface area contributed by atoms with Crippen LogP contribution in [-0.2, 0) is 10.3 Å². The molecule has 0 aromatic rings. The van der Waals surface area contributed by atoms with Gasteiger partial charge < -0.3 is 0 Å². The van der Waals surface area contributed by atoms with E-state index >= 15 is 0 Å². The Balaban J connectivity index is 3.01. The third kappa shape index (κ3) is 2.83. The van der Waals surface area contributed by atoms with Crippen LogP contribution in [0.4, 0.5) is 0 Å². The van der Waals surface area contributed by atoms with E-state index in [4.69, 9.17) is 23.4 Å². The van der Waals surface area contributed by atoms with Crippen molar-refractivity contribution in [2.24, 2.45) is 0 Å².